The molecular formula is C34H47N5O8S. The Balaban J connectivity index is 1.61. The van der Waals surface area contributed by atoms with Gasteiger partial charge in [0.2, 0.25) is 0 Å². The molecule has 0 saturated carbocycles. The van der Waals surface area contributed by atoms with Gasteiger partial charge in [0.15, 0.2) is 5.03 Å². The van der Waals surface area contributed by atoms with Crippen molar-refractivity contribution in [3.63, 3.8) is 0 Å². The number of carbonyl (C=O) groups is 2. The maximum atomic E-state index is 14.3. The lowest BCUT2D eigenvalue weighted by Gasteiger charge is -2.36. The molecule has 0 spiro atoms. The largest absolute Gasteiger partial charge is 0.490 e. The zero-order chi connectivity index (χ0) is 35.0. The first-order valence-electron chi connectivity index (χ1n) is 16.1. The van der Waals surface area contributed by atoms with Crippen molar-refractivity contribution in [1.82, 2.24) is 19.4 Å². The number of aliphatic hydroxyl groups is 1. The van der Waals surface area contributed by atoms with Gasteiger partial charge in [-0.25, -0.2) is 9.78 Å². The fraction of sp³-hybridized carbons (Fsp3) is 0.500. The van der Waals surface area contributed by atoms with E-state index in [4.69, 9.17) is 9.47 Å². The highest BCUT2D eigenvalue weighted by Gasteiger charge is 2.31. The van der Waals surface area contributed by atoms with Gasteiger partial charge >= 0.3 is 5.97 Å². The number of nitrogens with one attached hydrogen (secondary N) is 1. The van der Waals surface area contributed by atoms with Gasteiger partial charge in [0.1, 0.15) is 5.75 Å². The zero-order valence-corrected chi connectivity index (χ0v) is 29.0. The van der Waals surface area contributed by atoms with Gasteiger partial charge in [0.25, 0.3) is 15.9 Å². The lowest BCUT2D eigenvalue weighted by molar-refractivity contribution is -0.0177. The number of hydrogen-bond acceptors (Lipinski definition) is 9. The van der Waals surface area contributed by atoms with Crippen LogP contribution in [0.15, 0.2) is 60.0 Å². The Morgan fingerprint density at radius 1 is 1.17 bits per heavy atom. The molecule has 1 aliphatic heterocycles. The van der Waals surface area contributed by atoms with Crippen LogP contribution in [0, 0.1) is 5.92 Å². The molecule has 0 radical (unpaired) electrons. The third-order valence-corrected chi connectivity index (χ3v) is 9.67. The average Bonchev–Trinajstić information content (AvgIpc) is 3.49. The second-order valence-electron chi connectivity index (χ2n) is 12.7. The fourth-order valence-electron chi connectivity index (χ4n) is 5.62. The Hall–Kier alpha value is -3.98. The molecule has 0 saturated heterocycles. The van der Waals surface area contributed by atoms with E-state index < -0.39 is 27.9 Å². The lowest BCUT2D eigenvalue weighted by atomic mass is 10.0. The van der Waals surface area contributed by atoms with Crippen LogP contribution in [-0.4, -0.2) is 101 Å². The van der Waals surface area contributed by atoms with E-state index in [0.717, 1.165) is 18.4 Å². The summed E-state index contributed by atoms with van der Waals surface area (Å²) in [6.45, 7) is 7.31. The summed E-state index contributed by atoms with van der Waals surface area (Å²) in [6.07, 6.45) is 4.65. The van der Waals surface area contributed by atoms with Crippen molar-refractivity contribution in [1.29, 1.82) is 0 Å². The predicted octanol–water partition coefficient (Wildman–Crippen LogP) is 3.85. The highest BCUT2D eigenvalue weighted by atomic mass is 32.2. The quantitative estimate of drug-likeness (QED) is 0.286. The van der Waals surface area contributed by atoms with Gasteiger partial charge in [-0.15, -0.1) is 0 Å². The zero-order valence-electron chi connectivity index (χ0n) is 28.2. The molecular weight excluding hydrogens is 638 g/mol. The molecule has 0 unspecified atom stereocenters. The molecule has 3 N–H and O–H groups in total. The molecule has 2 aromatic carbocycles. The number of imidazole rings is 1. The molecule has 4 atom stereocenters. The number of aromatic nitrogens is 2. The van der Waals surface area contributed by atoms with Crippen LogP contribution in [0.1, 0.15) is 66.3 Å². The molecule has 0 fully saturated rings. The molecule has 0 aliphatic carbocycles. The monoisotopic (exact) mass is 685 g/mol. The molecule has 1 aromatic heterocycles. The maximum Gasteiger partial charge on any atom is 0.335 e. The molecule has 1 amide bonds. The second-order valence-corrected chi connectivity index (χ2v) is 14.3. The van der Waals surface area contributed by atoms with E-state index in [0.29, 0.717) is 31.9 Å². The van der Waals surface area contributed by atoms with Gasteiger partial charge < -0.3 is 29.2 Å². The number of aryl methyl sites for hydroxylation is 1. The molecule has 13 nitrogen and oxygen atoms in total. The van der Waals surface area contributed by atoms with Crippen molar-refractivity contribution in [3.05, 3.63) is 71.7 Å². The highest BCUT2D eigenvalue weighted by molar-refractivity contribution is 7.92. The van der Waals surface area contributed by atoms with Crippen LogP contribution in [-0.2, 0) is 28.4 Å². The van der Waals surface area contributed by atoms with Gasteiger partial charge in [-0.1, -0.05) is 19.1 Å². The van der Waals surface area contributed by atoms with Crippen LogP contribution >= 0.6 is 0 Å². The summed E-state index contributed by atoms with van der Waals surface area (Å²) in [5, 5.41) is 19.3. The SMILES string of the molecule is C[C@@H]1CCCCO[C@@H](CN(C)Cc2ccc(C(=O)O)cc2)[C@H](C)CN([C@@H](C)CO)C(=O)c2cc(NS(=O)(=O)c3cn(C)cn3)ccc2O1. The molecule has 1 aliphatic rings. The number of amides is 1. The fourth-order valence-corrected chi connectivity index (χ4v) is 6.65. The Morgan fingerprint density at radius 3 is 2.54 bits per heavy atom. The van der Waals surface area contributed by atoms with Crippen molar-refractivity contribution in [2.75, 3.05) is 38.1 Å². The highest BCUT2D eigenvalue weighted by Crippen LogP contribution is 2.29. The number of carboxylic acid groups (broad SMARTS) is 1. The third-order valence-electron chi connectivity index (χ3n) is 8.41. The Kier molecular flexibility index (Phi) is 12.6. The predicted molar refractivity (Wildman–Crippen MR) is 181 cm³/mol. The first-order chi connectivity index (χ1) is 22.8. The van der Waals surface area contributed by atoms with Crippen LogP contribution in [0.3, 0.4) is 0 Å². The summed E-state index contributed by atoms with van der Waals surface area (Å²) in [4.78, 5) is 33.2. The van der Waals surface area contributed by atoms with E-state index >= 15 is 0 Å². The molecule has 3 aromatic rings. The van der Waals surface area contributed by atoms with E-state index in [1.54, 1.807) is 55.3 Å². The summed E-state index contributed by atoms with van der Waals surface area (Å²) in [5.41, 5.74) is 1.54. The van der Waals surface area contributed by atoms with Gasteiger partial charge in [-0.3, -0.25) is 14.4 Å². The summed E-state index contributed by atoms with van der Waals surface area (Å²) in [6, 6.07) is 10.8. The molecule has 2 heterocycles. The van der Waals surface area contributed by atoms with Crippen molar-refractivity contribution in [3.8, 4) is 5.75 Å². The molecule has 14 heteroatoms. The number of aromatic carboxylic acids is 1. The molecule has 262 valence electrons. The number of sulfonamides is 1. The number of aliphatic hydroxyl groups excluding tert-OH is 1. The number of rotatable bonds is 10. The van der Waals surface area contributed by atoms with Crippen LogP contribution in [0.4, 0.5) is 5.69 Å². The van der Waals surface area contributed by atoms with Crippen LogP contribution < -0.4 is 9.46 Å². The van der Waals surface area contributed by atoms with Gasteiger partial charge in [-0.05, 0) is 76.1 Å². The first kappa shape index (κ1) is 36.8. The van der Waals surface area contributed by atoms with Crippen molar-refractivity contribution < 1.29 is 37.7 Å². The van der Waals surface area contributed by atoms with Gasteiger partial charge in [-0.2, -0.15) is 8.42 Å². The molecule has 0 bridgehead atoms. The number of ether oxygens (including phenoxy) is 2. The molecule has 48 heavy (non-hydrogen) atoms. The normalized spacial score (nSPS) is 20.4. The summed E-state index contributed by atoms with van der Waals surface area (Å²) >= 11 is 0. The van der Waals surface area contributed by atoms with Crippen molar-refractivity contribution in [2.24, 2.45) is 13.0 Å². The maximum absolute atomic E-state index is 14.3. The van der Waals surface area contributed by atoms with E-state index in [-0.39, 0.29) is 53.1 Å². The van der Waals surface area contributed by atoms with Gasteiger partial charge in [0.05, 0.1) is 42.3 Å². The summed E-state index contributed by atoms with van der Waals surface area (Å²) in [7, 11) is -0.386. The van der Waals surface area contributed by atoms with Crippen molar-refractivity contribution in [2.45, 2.75) is 69.9 Å². The third kappa shape index (κ3) is 9.78. The van der Waals surface area contributed by atoms with Crippen LogP contribution in [0.25, 0.3) is 0 Å². The van der Waals surface area contributed by atoms with Crippen molar-refractivity contribution >= 4 is 27.6 Å². The number of fused-ring (bicyclic) bond motifs is 1. The lowest BCUT2D eigenvalue weighted by Crippen LogP contribution is -2.47. The number of anilines is 1. The van der Waals surface area contributed by atoms with Crippen LogP contribution in [0.2, 0.25) is 0 Å². The summed E-state index contributed by atoms with van der Waals surface area (Å²) < 4.78 is 42.8. The second kappa shape index (κ2) is 16.4. The minimum absolute atomic E-state index is 0.154. The van der Waals surface area contributed by atoms with E-state index in [1.807, 2.05) is 20.9 Å². The minimum Gasteiger partial charge on any atom is -0.490 e. The van der Waals surface area contributed by atoms with E-state index in [1.165, 1.54) is 23.2 Å². The smallest absolute Gasteiger partial charge is 0.335 e. The van der Waals surface area contributed by atoms with E-state index in [2.05, 4.69) is 14.6 Å². The number of likely N-dealkylation sites (N-methyl/N-ethyl adjacent to an activating group) is 1. The number of benzene rings is 2. The number of carboxylic acids is 1. The number of nitrogens with zero attached hydrogens (tertiary/aromatic N) is 4. The minimum atomic E-state index is -4.02. The van der Waals surface area contributed by atoms with E-state index in [9.17, 15) is 28.2 Å². The molecule has 4 rings (SSSR count). The number of hydrogen-bond donors (Lipinski definition) is 3. The number of carbonyl (C=O) groups excluding carboxylic acids is 1. The Morgan fingerprint density at radius 2 is 1.90 bits per heavy atom. The van der Waals surface area contributed by atoms with Crippen LogP contribution in [0.5, 0.6) is 5.75 Å². The Bertz CT molecular complexity index is 1650. The standard InChI is InChI=1S/C34H47N5O8S/c1-23-17-39(24(2)21-40)33(41)29-16-28(36-48(44,45)32-20-38(5)22-35-32)13-14-30(29)47-25(3)8-6-7-15-46-31(23)19-37(4)18-26-9-11-27(12-10-26)34(42)43/h9-14,16,20,22-25,31,36,40H,6-8,15,17-19,21H2,1-5H3,(H,42,43)/t23-,24+,25-,31+/m1/s1. The van der Waals surface area contributed by atoms with Gasteiger partial charge in [0, 0.05) is 51.1 Å². The Labute approximate surface area is 282 Å². The summed E-state index contributed by atoms with van der Waals surface area (Å²) in [5.74, 6) is -1.21. The topological polar surface area (TPSA) is 164 Å². The average molecular weight is 686 g/mol. The first-order valence-corrected chi connectivity index (χ1v) is 17.6.